The van der Waals surface area contributed by atoms with Crippen LogP contribution >= 0.6 is 0 Å². The molecule has 1 amide bonds. The highest BCUT2D eigenvalue weighted by atomic mass is 16.3. The number of likely N-dealkylation sites (tertiary alicyclic amines) is 1. The van der Waals surface area contributed by atoms with E-state index >= 15 is 0 Å². The number of amides is 1. The SMILES string of the molecule is Cc1ccc(C(=O)N2CCC3(CC2)CCN(c2ncccn2)C3)o1. The van der Waals surface area contributed by atoms with E-state index in [1.807, 2.05) is 24.0 Å². The van der Waals surface area contributed by atoms with Crippen LogP contribution < -0.4 is 4.90 Å². The first-order chi connectivity index (χ1) is 11.7. The van der Waals surface area contributed by atoms with Crippen LogP contribution in [-0.4, -0.2) is 47.0 Å². The van der Waals surface area contributed by atoms with Crippen molar-refractivity contribution in [3.8, 4) is 0 Å². The van der Waals surface area contributed by atoms with Gasteiger partial charge in [-0.25, -0.2) is 9.97 Å². The quantitative estimate of drug-likeness (QED) is 0.848. The molecule has 2 aromatic heterocycles. The summed E-state index contributed by atoms with van der Waals surface area (Å²) in [5, 5.41) is 0. The van der Waals surface area contributed by atoms with E-state index in [0.29, 0.717) is 5.76 Å². The summed E-state index contributed by atoms with van der Waals surface area (Å²) in [7, 11) is 0. The van der Waals surface area contributed by atoms with Crippen molar-refractivity contribution in [3.05, 3.63) is 42.1 Å². The number of furan rings is 1. The maximum Gasteiger partial charge on any atom is 0.289 e. The number of piperidine rings is 1. The molecule has 2 aliphatic rings. The second kappa shape index (κ2) is 5.92. The lowest BCUT2D eigenvalue weighted by molar-refractivity contribution is 0.0578. The van der Waals surface area contributed by atoms with Crippen LogP contribution in [0, 0.1) is 12.3 Å². The first kappa shape index (κ1) is 15.2. The van der Waals surface area contributed by atoms with Gasteiger partial charge in [0.25, 0.3) is 5.91 Å². The highest BCUT2D eigenvalue weighted by molar-refractivity contribution is 5.91. The van der Waals surface area contributed by atoms with Crippen LogP contribution in [0.25, 0.3) is 0 Å². The number of rotatable bonds is 2. The fourth-order valence-corrected chi connectivity index (χ4v) is 3.86. The predicted molar refractivity (Wildman–Crippen MR) is 89.9 cm³/mol. The van der Waals surface area contributed by atoms with Crippen LogP contribution in [0.5, 0.6) is 0 Å². The molecule has 0 atom stereocenters. The molecule has 4 rings (SSSR count). The van der Waals surface area contributed by atoms with E-state index in [0.717, 1.165) is 57.2 Å². The minimum absolute atomic E-state index is 0.0131. The first-order valence-electron chi connectivity index (χ1n) is 8.53. The second-order valence-corrected chi connectivity index (χ2v) is 6.92. The molecule has 0 N–H and O–H groups in total. The molecule has 0 radical (unpaired) electrons. The van der Waals surface area contributed by atoms with Gasteiger partial charge in [0.2, 0.25) is 5.95 Å². The molecule has 4 heterocycles. The second-order valence-electron chi connectivity index (χ2n) is 6.92. The molecule has 2 aliphatic heterocycles. The minimum atomic E-state index is 0.0131. The normalized spacial score (nSPS) is 19.9. The van der Waals surface area contributed by atoms with E-state index in [-0.39, 0.29) is 11.3 Å². The monoisotopic (exact) mass is 326 g/mol. The van der Waals surface area contributed by atoms with Crippen molar-refractivity contribution in [3.63, 3.8) is 0 Å². The van der Waals surface area contributed by atoms with Crippen molar-refractivity contribution in [2.24, 2.45) is 5.41 Å². The molecule has 0 bridgehead atoms. The minimum Gasteiger partial charge on any atom is -0.456 e. The summed E-state index contributed by atoms with van der Waals surface area (Å²) in [6, 6.07) is 5.45. The summed E-state index contributed by atoms with van der Waals surface area (Å²) >= 11 is 0. The molecule has 1 spiro atoms. The van der Waals surface area contributed by atoms with Crippen molar-refractivity contribution < 1.29 is 9.21 Å². The van der Waals surface area contributed by atoms with E-state index in [9.17, 15) is 4.79 Å². The molecule has 0 aliphatic carbocycles. The number of hydrogen-bond acceptors (Lipinski definition) is 5. The molecule has 0 aromatic carbocycles. The molecule has 24 heavy (non-hydrogen) atoms. The van der Waals surface area contributed by atoms with Gasteiger partial charge >= 0.3 is 0 Å². The third kappa shape index (κ3) is 2.77. The zero-order valence-electron chi connectivity index (χ0n) is 13.9. The Hall–Kier alpha value is -2.37. The number of hydrogen-bond donors (Lipinski definition) is 0. The number of anilines is 1. The van der Waals surface area contributed by atoms with Crippen LogP contribution in [0.1, 0.15) is 35.6 Å². The fourth-order valence-electron chi connectivity index (χ4n) is 3.86. The van der Waals surface area contributed by atoms with Crippen molar-refractivity contribution in [2.45, 2.75) is 26.2 Å². The topological polar surface area (TPSA) is 62.5 Å². The van der Waals surface area contributed by atoms with Crippen LogP contribution in [-0.2, 0) is 0 Å². The molecule has 6 nitrogen and oxygen atoms in total. The fraction of sp³-hybridized carbons (Fsp3) is 0.500. The zero-order chi connectivity index (χ0) is 16.6. The molecule has 2 aromatic rings. The van der Waals surface area contributed by atoms with E-state index in [2.05, 4.69) is 14.9 Å². The Labute approximate surface area is 141 Å². The van der Waals surface area contributed by atoms with Gasteiger partial charge in [-0.3, -0.25) is 4.79 Å². The third-order valence-corrected chi connectivity index (χ3v) is 5.34. The Kier molecular flexibility index (Phi) is 3.75. The van der Waals surface area contributed by atoms with E-state index in [1.54, 1.807) is 18.5 Å². The Morgan fingerprint density at radius 2 is 1.83 bits per heavy atom. The lowest BCUT2D eigenvalue weighted by Gasteiger charge is -2.38. The molecule has 0 saturated carbocycles. The Bertz CT molecular complexity index is 720. The van der Waals surface area contributed by atoms with Gasteiger partial charge in [-0.05, 0) is 49.8 Å². The standard InChI is InChI=1S/C18H22N4O2/c1-14-3-4-15(24-14)16(23)21-10-5-18(6-11-21)7-12-22(13-18)17-19-8-2-9-20-17/h2-4,8-9H,5-7,10-13H2,1H3. The number of aromatic nitrogens is 2. The third-order valence-electron chi connectivity index (χ3n) is 5.34. The van der Waals surface area contributed by atoms with Gasteiger partial charge in [0.05, 0.1) is 0 Å². The summed E-state index contributed by atoms with van der Waals surface area (Å²) in [5.74, 6) is 2.06. The number of nitrogens with zero attached hydrogens (tertiary/aromatic N) is 4. The van der Waals surface area contributed by atoms with Crippen LogP contribution in [0.3, 0.4) is 0 Å². The number of carbonyl (C=O) groups is 1. The van der Waals surface area contributed by atoms with E-state index in [1.165, 1.54) is 0 Å². The summed E-state index contributed by atoms with van der Waals surface area (Å²) in [6.45, 7) is 5.43. The largest absolute Gasteiger partial charge is 0.456 e. The summed E-state index contributed by atoms with van der Waals surface area (Å²) < 4.78 is 5.47. The molecular weight excluding hydrogens is 304 g/mol. The average Bonchev–Trinajstić information content (AvgIpc) is 3.23. The van der Waals surface area contributed by atoms with Crippen molar-refractivity contribution >= 4 is 11.9 Å². The van der Waals surface area contributed by atoms with Gasteiger partial charge in [-0.1, -0.05) is 0 Å². The van der Waals surface area contributed by atoms with Gasteiger partial charge < -0.3 is 14.2 Å². The molecule has 0 unspecified atom stereocenters. The van der Waals surface area contributed by atoms with Crippen LogP contribution in [0.2, 0.25) is 0 Å². The van der Waals surface area contributed by atoms with Gasteiger partial charge in [-0.2, -0.15) is 0 Å². The Balaban J connectivity index is 1.39. The number of carbonyl (C=O) groups excluding carboxylic acids is 1. The van der Waals surface area contributed by atoms with Gasteiger partial charge in [0.15, 0.2) is 5.76 Å². The maximum atomic E-state index is 12.5. The van der Waals surface area contributed by atoms with Crippen molar-refractivity contribution in [2.75, 3.05) is 31.1 Å². The van der Waals surface area contributed by atoms with Crippen LogP contribution in [0.4, 0.5) is 5.95 Å². The Morgan fingerprint density at radius 3 is 2.50 bits per heavy atom. The average molecular weight is 326 g/mol. The molecule has 126 valence electrons. The smallest absolute Gasteiger partial charge is 0.289 e. The summed E-state index contributed by atoms with van der Waals surface area (Å²) in [5.41, 5.74) is 0.287. The lowest BCUT2D eigenvalue weighted by atomic mass is 9.78. The molecule has 2 saturated heterocycles. The highest BCUT2D eigenvalue weighted by Crippen LogP contribution is 2.41. The van der Waals surface area contributed by atoms with E-state index in [4.69, 9.17) is 4.42 Å². The predicted octanol–water partition coefficient (Wildman–Crippen LogP) is 2.51. The highest BCUT2D eigenvalue weighted by Gasteiger charge is 2.42. The molecule has 2 fully saturated rings. The Morgan fingerprint density at radius 1 is 1.12 bits per heavy atom. The zero-order valence-corrected chi connectivity index (χ0v) is 13.9. The van der Waals surface area contributed by atoms with Gasteiger partial charge in [0.1, 0.15) is 5.76 Å². The van der Waals surface area contributed by atoms with Crippen molar-refractivity contribution in [1.82, 2.24) is 14.9 Å². The van der Waals surface area contributed by atoms with E-state index < -0.39 is 0 Å². The molecule has 6 heteroatoms. The number of aryl methyl sites for hydroxylation is 1. The summed E-state index contributed by atoms with van der Waals surface area (Å²) in [6.07, 6.45) is 6.79. The van der Waals surface area contributed by atoms with Gasteiger partial charge in [-0.15, -0.1) is 0 Å². The van der Waals surface area contributed by atoms with Crippen LogP contribution in [0.15, 0.2) is 35.0 Å². The lowest BCUT2D eigenvalue weighted by Crippen LogP contribution is -2.44. The maximum absolute atomic E-state index is 12.5. The van der Waals surface area contributed by atoms with Gasteiger partial charge in [0, 0.05) is 38.6 Å². The summed E-state index contributed by atoms with van der Waals surface area (Å²) in [4.78, 5) is 25.4. The molecular formula is C18H22N4O2. The van der Waals surface area contributed by atoms with Crippen molar-refractivity contribution in [1.29, 1.82) is 0 Å². The first-order valence-corrected chi connectivity index (χ1v) is 8.53.